The summed E-state index contributed by atoms with van der Waals surface area (Å²) in [4.78, 5) is 15.9. The summed E-state index contributed by atoms with van der Waals surface area (Å²) >= 11 is 0. The lowest BCUT2D eigenvalue weighted by atomic mass is 10.1. The number of nitrogens with zero attached hydrogens (tertiary/aromatic N) is 1. The lowest BCUT2D eigenvalue weighted by molar-refractivity contribution is -0.116. The molecule has 1 N–H and O–H groups in total. The minimum atomic E-state index is -0.0970. The normalized spacial score (nSPS) is 10.2. The molecule has 0 radical (unpaired) electrons. The Balaban J connectivity index is 1.58. The third-order valence-electron chi connectivity index (χ3n) is 3.50. The standard InChI is InChI=1S/C20H18N2O2/c23-20(22-17-9-6-13-21-15-17)12-14-24-19-11-5-4-10-18(19)16-7-2-1-3-8-16/h1-11,13,15H,12,14H2,(H,22,23). The van der Waals surface area contributed by atoms with E-state index in [2.05, 4.69) is 10.3 Å². The lowest BCUT2D eigenvalue weighted by Crippen LogP contribution is -2.15. The molecule has 1 amide bonds. The summed E-state index contributed by atoms with van der Waals surface area (Å²) in [5.74, 6) is 0.679. The molecule has 24 heavy (non-hydrogen) atoms. The Kier molecular flexibility index (Phi) is 5.20. The van der Waals surface area contributed by atoms with Gasteiger partial charge in [0.15, 0.2) is 0 Å². The van der Waals surface area contributed by atoms with E-state index in [4.69, 9.17) is 4.74 Å². The van der Waals surface area contributed by atoms with Crippen LogP contribution in [0.2, 0.25) is 0 Å². The smallest absolute Gasteiger partial charge is 0.227 e. The first-order valence-electron chi connectivity index (χ1n) is 7.80. The van der Waals surface area contributed by atoms with E-state index in [1.807, 2.05) is 54.6 Å². The summed E-state index contributed by atoms with van der Waals surface area (Å²) in [5.41, 5.74) is 2.80. The first-order chi connectivity index (χ1) is 11.8. The molecule has 0 unspecified atom stereocenters. The van der Waals surface area contributed by atoms with Gasteiger partial charge in [-0.1, -0.05) is 48.5 Å². The number of hydrogen-bond donors (Lipinski definition) is 1. The molecule has 0 saturated heterocycles. The molecule has 4 nitrogen and oxygen atoms in total. The molecule has 0 aliphatic rings. The van der Waals surface area contributed by atoms with E-state index in [1.165, 1.54) is 0 Å². The summed E-state index contributed by atoms with van der Waals surface area (Å²) in [7, 11) is 0. The van der Waals surface area contributed by atoms with Crippen molar-refractivity contribution in [2.45, 2.75) is 6.42 Å². The zero-order valence-corrected chi connectivity index (χ0v) is 13.2. The van der Waals surface area contributed by atoms with Crippen LogP contribution in [0, 0.1) is 0 Å². The highest BCUT2D eigenvalue weighted by molar-refractivity contribution is 5.90. The predicted molar refractivity (Wildman–Crippen MR) is 94.9 cm³/mol. The maximum absolute atomic E-state index is 11.9. The summed E-state index contributed by atoms with van der Waals surface area (Å²) in [6.07, 6.45) is 3.56. The van der Waals surface area contributed by atoms with Crippen molar-refractivity contribution >= 4 is 11.6 Å². The SMILES string of the molecule is O=C(CCOc1ccccc1-c1ccccc1)Nc1cccnc1. The maximum Gasteiger partial charge on any atom is 0.227 e. The highest BCUT2D eigenvalue weighted by Crippen LogP contribution is 2.29. The number of nitrogens with one attached hydrogen (secondary N) is 1. The molecule has 2 aromatic carbocycles. The number of aromatic nitrogens is 1. The van der Waals surface area contributed by atoms with Crippen LogP contribution in [0.3, 0.4) is 0 Å². The molecule has 4 heteroatoms. The molecule has 1 aromatic heterocycles. The molecular weight excluding hydrogens is 300 g/mol. The van der Waals surface area contributed by atoms with Gasteiger partial charge in [-0.05, 0) is 23.8 Å². The van der Waals surface area contributed by atoms with Crippen LogP contribution in [-0.4, -0.2) is 17.5 Å². The van der Waals surface area contributed by atoms with Crippen molar-refractivity contribution in [1.82, 2.24) is 4.98 Å². The summed E-state index contributed by atoms with van der Waals surface area (Å²) in [6.45, 7) is 0.315. The Morgan fingerprint density at radius 2 is 1.75 bits per heavy atom. The monoisotopic (exact) mass is 318 g/mol. The molecule has 3 rings (SSSR count). The molecule has 3 aromatic rings. The van der Waals surface area contributed by atoms with Gasteiger partial charge < -0.3 is 10.1 Å². The molecule has 120 valence electrons. The highest BCUT2D eigenvalue weighted by Gasteiger charge is 2.07. The van der Waals surface area contributed by atoms with Gasteiger partial charge in [0.1, 0.15) is 5.75 Å². The van der Waals surface area contributed by atoms with Gasteiger partial charge >= 0.3 is 0 Å². The number of pyridine rings is 1. The topological polar surface area (TPSA) is 51.2 Å². The van der Waals surface area contributed by atoms with Crippen molar-refractivity contribution < 1.29 is 9.53 Å². The first kappa shape index (κ1) is 15.7. The zero-order valence-electron chi connectivity index (χ0n) is 13.2. The molecule has 0 saturated carbocycles. The van der Waals surface area contributed by atoms with Gasteiger partial charge in [0, 0.05) is 11.8 Å². The van der Waals surface area contributed by atoms with Crippen molar-refractivity contribution in [3.05, 3.63) is 79.1 Å². The number of carbonyl (C=O) groups excluding carboxylic acids is 1. The fourth-order valence-electron chi connectivity index (χ4n) is 2.36. The molecule has 0 aliphatic carbocycles. The van der Waals surface area contributed by atoms with Crippen LogP contribution >= 0.6 is 0 Å². The number of anilines is 1. The minimum absolute atomic E-state index is 0.0970. The average molecular weight is 318 g/mol. The van der Waals surface area contributed by atoms with Gasteiger partial charge in [-0.3, -0.25) is 9.78 Å². The van der Waals surface area contributed by atoms with Gasteiger partial charge in [-0.25, -0.2) is 0 Å². The van der Waals surface area contributed by atoms with Crippen LogP contribution in [0.5, 0.6) is 5.75 Å². The quantitative estimate of drug-likeness (QED) is 0.742. The van der Waals surface area contributed by atoms with Crippen molar-refractivity contribution in [3.63, 3.8) is 0 Å². The second-order valence-corrected chi connectivity index (χ2v) is 5.25. The van der Waals surface area contributed by atoms with E-state index < -0.39 is 0 Å². The Labute approximate surface area is 141 Å². The fraction of sp³-hybridized carbons (Fsp3) is 0.100. The Morgan fingerprint density at radius 3 is 2.54 bits per heavy atom. The summed E-state index contributed by atoms with van der Waals surface area (Å²) in [5, 5.41) is 2.79. The van der Waals surface area contributed by atoms with E-state index in [-0.39, 0.29) is 12.3 Å². The number of para-hydroxylation sites is 1. The van der Waals surface area contributed by atoms with Gasteiger partial charge in [0.05, 0.1) is 24.9 Å². The van der Waals surface area contributed by atoms with Gasteiger partial charge in [0.2, 0.25) is 5.91 Å². The number of hydrogen-bond acceptors (Lipinski definition) is 3. The average Bonchev–Trinajstić information content (AvgIpc) is 2.64. The van der Waals surface area contributed by atoms with Crippen LogP contribution in [0.25, 0.3) is 11.1 Å². The largest absolute Gasteiger partial charge is 0.492 e. The molecular formula is C20H18N2O2. The predicted octanol–water partition coefficient (Wildman–Crippen LogP) is 4.16. The van der Waals surface area contributed by atoms with Crippen molar-refractivity contribution in [1.29, 1.82) is 0 Å². The van der Waals surface area contributed by atoms with E-state index in [0.717, 1.165) is 16.9 Å². The van der Waals surface area contributed by atoms with Gasteiger partial charge in [-0.15, -0.1) is 0 Å². The third-order valence-corrected chi connectivity index (χ3v) is 3.50. The number of benzene rings is 2. The van der Waals surface area contributed by atoms with Crippen molar-refractivity contribution in [2.75, 3.05) is 11.9 Å². The Morgan fingerprint density at radius 1 is 0.958 bits per heavy atom. The first-order valence-corrected chi connectivity index (χ1v) is 7.80. The molecule has 0 fully saturated rings. The van der Waals surface area contributed by atoms with Crippen molar-refractivity contribution in [3.8, 4) is 16.9 Å². The zero-order chi connectivity index (χ0) is 16.6. The van der Waals surface area contributed by atoms with Crippen molar-refractivity contribution in [2.24, 2.45) is 0 Å². The molecule has 0 aliphatic heterocycles. The second kappa shape index (κ2) is 7.92. The van der Waals surface area contributed by atoms with Gasteiger partial charge in [0.25, 0.3) is 0 Å². The number of rotatable bonds is 6. The van der Waals surface area contributed by atoms with E-state index in [9.17, 15) is 4.79 Å². The fourth-order valence-corrected chi connectivity index (χ4v) is 2.36. The van der Waals surface area contributed by atoms with Crippen LogP contribution < -0.4 is 10.1 Å². The summed E-state index contributed by atoms with van der Waals surface area (Å²) < 4.78 is 5.82. The van der Waals surface area contributed by atoms with E-state index in [1.54, 1.807) is 24.5 Å². The van der Waals surface area contributed by atoms with E-state index >= 15 is 0 Å². The lowest BCUT2D eigenvalue weighted by Gasteiger charge is -2.11. The van der Waals surface area contributed by atoms with Crippen LogP contribution in [0.15, 0.2) is 79.1 Å². The number of amides is 1. The molecule has 1 heterocycles. The van der Waals surface area contributed by atoms with Crippen LogP contribution in [0.4, 0.5) is 5.69 Å². The molecule has 0 spiro atoms. The molecule has 0 bridgehead atoms. The van der Waals surface area contributed by atoms with Crippen LogP contribution in [-0.2, 0) is 4.79 Å². The summed E-state index contributed by atoms with van der Waals surface area (Å²) in [6, 6.07) is 21.5. The highest BCUT2D eigenvalue weighted by atomic mass is 16.5. The minimum Gasteiger partial charge on any atom is -0.492 e. The Bertz CT molecular complexity index is 789. The Hall–Kier alpha value is -3.14. The third kappa shape index (κ3) is 4.20. The number of ether oxygens (including phenoxy) is 1. The number of carbonyl (C=O) groups is 1. The second-order valence-electron chi connectivity index (χ2n) is 5.25. The van der Waals surface area contributed by atoms with Gasteiger partial charge in [-0.2, -0.15) is 0 Å². The molecule has 0 atom stereocenters. The van der Waals surface area contributed by atoms with Crippen LogP contribution in [0.1, 0.15) is 6.42 Å². The van der Waals surface area contributed by atoms with E-state index in [0.29, 0.717) is 12.3 Å². The maximum atomic E-state index is 11.9.